The molecule has 0 atom stereocenters. The highest BCUT2D eigenvalue weighted by Crippen LogP contribution is 2.33. The van der Waals surface area contributed by atoms with E-state index in [0.29, 0.717) is 49.7 Å². The molecule has 3 aromatic carbocycles. The van der Waals surface area contributed by atoms with Crippen LogP contribution in [0.4, 0.5) is 14.5 Å². The van der Waals surface area contributed by atoms with Crippen LogP contribution in [0.3, 0.4) is 0 Å². The zero-order chi connectivity index (χ0) is 25.9. The molecule has 2 heterocycles. The Balaban J connectivity index is 1.45. The lowest BCUT2D eigenvalue weighted by Gasteiger charge is -2.36. The van der Waals surface area contributed by atoms with Crippen LogP contribution in [0.5, 0.6) is 5.75 Å². The normalized spacial score (nSPS) is 13.6. The van der Waals surface area contributed by atoms with Gasteiger partial charge in [0, 0.05) is 37.9 Å². The topological polar surface area (TPSA) is 37.7 Å². The van der Waals surface area contributed by atoms with Crippen LogP contribution in [0.15, 0.2) is 78.9 Å². The van der Waals surface area contributed by atoms with Gasteiger partial charge in [0.05, 0.1) is 29.2 Å². The van der Waals surface area contributed by atoms with Gasteiger partial charge in [0.15, 0.2) is 0 Å². The average molecular weight is 502 g/mol. The SMILES string of the molecule is CCOc1ccccc1N1CCN(C(=O)c2cc(-c3ccccc3)n(-c3ccc(F)cc3F)c2C)CC1. The molecule has 0 N–H and O–H groups in total. The van der Waals surface area contributed by atoms with E-state index in [0.717, 1.165) is 23.1 Å². The van der Waals surface area contributed by atoms with Gasteiger partial charge in [-0.2, -0.15) is 0 Å². The number of carbonyl (C=O) groups excluding carboxylic acids is 1. The molecule has 5 rings (SSSR count). The lowest BCUT2D eigenvalue weighted by atomic mass is 10.1. The van der Waals surface area contributed by atoms with Crippen LogP contribution >= 0.6 is 0 Å². The number of halogens is 2. The number of benzene rings is 3. The van der Waals surface area contributed by atoms with E-state index in [1.165, 1.54) is 12.1 Å². The molecule has 1 aromatic heterocycles. The maximum atomic E-state index is 14.9. The van der Waals surface area contributed by atoms with Crippen molar-refractivity contribution in [2.24, 2.45) is 0 Å². The Bertz CT molecular complexity index is 1410. The molecule has 0 radical (unpaired) electrons. The Hall–Kier alpha value is -4.13. The second-order valence-electron chi connectivity index (χ2n) is 9.01. The number of hydrogen-bond donors (Lipinski definition) is 0. The van der Waals surface area contributed by atoms with E-state index in [9.17, 15) is 13.6 Å². The molecule has 0 bridgehead atoms. The van der Waals surface area contributed by atoms with E-state index in [4.69, 9.17) is 4.74 Å². The fourth-order valence-electron chi connectivity index (χ4n) is 4.93. The van der Waals surface area contributed by atoms with Gasteiger partial charge in [0.1, 0.15) is 17.4 Å². The van der Waals surface area contributed by atoms with Gasteiger partial charge in [0.2, 0.25) is 0 Å². The van der Waals surface area contributed by atoms with Gasteiger partial charge in [0.25, 0.3) is 5.91 Å². The molecular weight excluding hydrogens is 472 g/mol. The van der Waals surface area contributed by atoms with E-state index >= 15 is 0 Å². The highest BCUT2D eigenvalue weighted by molar-refractivity contribution is 5.97. The summed E-state index contributed by atoms with van der Waals surface area (Å²) in [6.07, 6.45) is 0. The van der Waals surface area contributed by atoms with Crippen LogP contribution in [0.25, 0.3) is 16.9 Å². The average Bonchev–Trinajstić information content (AvgIpc) is 3.26. The van der Waals surface area contributed by atoms with E-state index in [-0.39, 0.29) is 11.6 Å². The fourth-order valence-corrected chi connectivity index (χ4v) is 4.93. The fraction of sp³-hybridized carbons (Fsp3) is 0.233. The second-order valence-corrected chi connectivity index (χ2v) is 9.01. The number of ether oxygens (including phenoxy) is 1. The second kappa shape index (κ2) is 10.5. The molecule has 37 heavy (non-hydrogen) atoms. The molecule has 1 saturated heterocycles. The lowest BCUT2D eigenvalue weighted by molar-refractivity contribution is 0.0746. The van der Waals surface area contributed by atoms with E-state index < -0.39 is 11.6 Å². The minimum absolute atomic E-state index is 0.103. The van der Waals surface area contributed by atoms with Crippen LogP contribution in [-0.4, -0.2) is 48.2 Å². The van der Waals surface area contributed by atoms with Crippen molar-refractivity contribution in [3.63, 3.8) is 0 Å². The van der Waals surface area contributed by atoms with Crippen molar-refractivity contribution in [3.05, 3.63) is 102 Å². The third-order valence-electron chi connectivity index (χ3n) is 6.77. The molecule has 0 aliphatic carbocycles. The Morgan fingerprint density at radius 1 is 0.865 bits per heavy atom. The van der Waals surface area contributed by atoms with Crippen molar-refractivity contribution in [1.82, 2.24) is 9.47 Å². The van der Waals surface area contributed by atoms with E-state index in [1.54, 1.807) is 11.5 Å². The van der Waals surface area contributed by atoms with Crippen LogP contribution in [0.2, 0.25) is 0 Å². The molecule has 1 aliphatic rings. The van der Waals surface area contributed by atoms with Crippen LogP contribution in [-0.2, 0) is 0 Å². The van der Waals surface area contributed by atoms with Crippen LogP contribution in [0.1, 0.15) is 23.0 Å². The van der Waals surface area contributed by atoms with Crippen molar-refractivity contribution in [3.8, 4) is 22.7 Å². The standard InChI is InChI=1S/C30H29F2N3O2/c1-3-37-29-12-8-7-11-27(29)33-15-17-34(18-16-33)30(36)24-20-28(22-9-5-4-6-10-22)35(21(24)2)26-14-13-23(31)19-25(26)32/h4-14,19-20H,3,15-18H2,1-2H3. The molecule has 1 amide bonds. The first-order valence-electron chi connectivity index (χ1n) is 12.5. The van der Waals surface area contributed by atoms with Gasteiger partial charge in [-0.15, -0.1) is 0 Å². The van der Waals surface area contributed by atoms with Crippen LogP contribution < -0.4 is 9.64 Å². The predicted octanol–water partition coefficient (Wildman–Crippen LogP) is 6.09. The van der Waals surface area contributed by atoms with Crippen molar-refractivity contribution >= 4 is 11.6 Å². The summed E-state index contributed by atoms with van der Waals surface area (Å²) in [5.41, 5.74) is 3.86. The molecule has 0 unspecified atom stereocenters. The van der Waals surface area contributed by atoms with Gasteiger partial charge < -0.3 is 19.1 Å². The number of piperazine rings is 1. The first-order valence-corrected chi connectivity index (χ1v) is 12.5. The smallest absolute Gasteiger partial charge is 0.255 e. The predicted molar refractivity (Wildman–Crippen MR) is 142 cm³/mol. The Labute approximate surface area is 215 Å². The van der Waals surface area contributed by atoms with Crippen molar-refractivity contribution < 1.29 is 18.3 Å². The number of amides is 1. The largest absolute Gasteiger partial charge is 0.492 e. The molecule has 190 valence electrons. The number of anilines is 1. The molecule has 0 spiro atoms. The number of carbonyl (C=O) groups is 1. The van der Waals surface area contributed by atoms with E-state index in [2.05, 4.69) is 4.90 Å². The van der Waals surface area contributed by atoms with Gasteiger partial charge in [-0.05, 0) is 49.7 Å². The third kappa shape index (κ3) is 4.81. The first kappa shape index (κ1) is 24.6. The molecular formula is C30H29F2N3O2. The summed E-state index contributed by atoms with van der Waals surface area (Å²) in [5, 5.41) is 0. The van der Waals surface area contributed by atoms with Crippen LogP contribution in [0, 0.1) is 18.6 Å². The van der Waals surface area contributed by atoms with Gasteiger partial charge >= 0.3 is 0 Å². The van der Waals surface area contributed by atoms with Crippen molar-refractivity contribution in [1.29, 1.82) is 0 Å². The maximum Gasteiger partial charge on any atom is 0.255 e. The minimum Gasteiger partial charge on any atom is -0.492 e. The van der Waals surface area contributed by atoms with Crippen molar-refractivity contribution in [2.45, 2.75) is 13.8 Å². The zero-order valence-corrected chi connectivity index (χ0v) is 21.0. The summed E-state index contributed by atoms with van der Waals surface area (Å²) in [6, 6.07) is 22.8. The highest BCUT2D eigenvalue weighted by atomic mass is 19.1. The molecule has 1 fully saturated rings. The zero-order valence-electron chi connectivity index (χ0n) is 21.0. The van der Waals surface area contributed by atoms with E-state index in [1.807, 2.05) is 72.5 Å². The number of aromatic nitrogens is 1. The summed E-state index contributed by atoms with van der Waals surface area (Å²) in [5.74, 6) is -0.593. The molecule has 1 aliphatic heterocycles. The van der Waals surface area contributed by atoms with Crippen molar-refractivity contribution in [2.75, 3.05) is 37.7 Å². The quantitative estimate of drug-likeness (QED) is 0.321. The summed E-state index contributed by atoms with van der Waals surface area (Å²) in [7, 11) is 0. The Kier molecular flexibility index (Phi) is 6.95. The van der Waals surface area contributed by atoms with Gasteiger partial charge in [-0.25, -0.2) is 8.78 Å². The number of para-hydroxylation sites is 2. The molecule has 0 saturated carbocycles. The van der Waals surface area contributed by atoms with Gasteiger partial charge in [-0.1, -0.05) is 42.5 Å². The monoisotopic (exact) mass is 501 g/mol. The summed E-state index contributed by atoms with van der Waals surface area (Å²) < 4.78 is 36.0. The molecule has 7 heteroatoms. The number of hydrogen-bond acceptors (Lipinski definition) is 3. The summed E-state index contributed by atoms with van der Waals surface area (Å²) in [4.78, 5) is 17.8. The summed E-state index contributed by atoms with van der Waals surface area (Å²) in [6.45, 7) is 6.80. The Morgan fingerprint density at radius 3 is 2.27 bits per heavy atom. The molecule has 5 nitrogen and oxygen atoms in total. The van der Waals surface area contributed by atoms with Gasteiger partial charge in [-0.3, -0.25) is 4.79 Å². The first-order chi connectivity index (χ1) is 18.0. The Morgan fingerprint density at radius 2 is 1.57 bits per heavy atom. The number of nitrogens with zero attached hydrogens (tertiary/aromatic N) is 3. The maximum absolute atomic E-state index is 14.9. The number of rotatable bonds is 6. The molecule has 4 aromatic rings. The third-order valence-corrected chi connectivity index (χ3v) is 6.77. The summed E-state index contributed by atoms with van der Waals surface area (Å²) >= 11 is 0. The minimum atomic E-state index is -0.684. The highest BCUT2D eigenvalue weighted by Gasteiger charge is 2.28. The lowest BCUT2D eigenvalue weighted by Crippen LogP contribution is -2.49.